The number of guanidine groups is 1. The number of nitrogens with one attached hydrogen (secondary N) is 1. The predicted octanol–water partition coefficient (Wildman–Crippen LogP) is 0.845. The van der Waals surface area contributed by atoms with E-state index in [9.17, 15) is 4.79 Å². The Bertz CT molecular complexity index is 421. The maximum absolute atomic E-state index is 12.5. The van der Waals surface area contributed by atoms with Crippen LogP contribution >= 0.6 is 24.0 Å². The number of piperazine rings is 1. The Morgan fingerprint density at radius 3 is 2.32 bits per heavy atom. The van der Waals surface area contributed by atoms with Crippen molar-refractivity contribution in [2.45, 2.75) is 32.2 Å². The van der Waals surface area contributed by atoms with Gasteiger partial charge in [-0.2, -0.15) is 0 Å². The summed E-state index contributed by atoms with van der Waals surface area (Å²) in [5.41, 5.74) is 0. The van der Waals surface area contributed by atoms with Crippen LogP contribution in [0.1, 0.15) is 26.2 Å². The standard InChI is InChI=1S/C17H33N5O2.HI/c1-15(16(23)21-8-4-5-9-21)20-10-12-22(13-11-20)17(18-2)19-7-6-14-24-3;/h15H,4-14H2,1-3H3,(H,18,19);1H. The van der Waals surface area contributed by atoms with Gasteiger partial charge in [-0.3, -0.25) is 14.7 Å². The highest BCUT2D eigenvalue weighted by Gasteiger charge is 2.30. The maximum Gasteiger partial charge on any atom is 0.239 e. The Hall–Kier alpha value is -0.610. The number of carbonyl (C=O) groups is 1. The minimum Gasteiger partial charge on any atom is -0.385 e. The van der Waals surface area contributed by atoms with Crippen LogP contribution in [-0.4, -0.2) is 99.2 Å². The smallest absolute Gasteiger partial charge is 0.239 e. The highest BCUT2D eigenvalue weighted by atomic mass is 127. The average Bonchev–Trinajstić information content (AvgIpc) is 3.15. The molecule has 2 aliphatic rings. The lowest BCUT2D eigenvalue weighted by Gasteiger charge is -2.39. The Labute approximate surface area is 169 Å². The highest BCUT2D eigenvalue weighted by Crippen LogP contribution is 2.14. The molecule has 2 saturated heterocycles. The van der Waals surface area contributed by atoms with Gasteiger partial charge >= 0.3 is 0 Å². The molecule has 0 spiro atoms. The van der Waals surface area contributed by atoms with E-state index in [1.54, 1.807) is 7.11 Å². The SMILES string of the molecule is CN=C(NCCCOC)N1CCN(C(C)C(=O)N2CCCC2)CC1.I. The molecule has 2 rings (SSSR count). The predicted molar refractivity (Wildman–Crippen MR) is 112 cm³/mol. The summed E-state index contributed by atoms with van der Waals surface area (Å²) in [4.78, 5) is 23.5. The second-order valence-corrected chi connectivity index (χ2v) is 6.55. The van der Waals surface area contributed by atoms with Crippen LogP contribution in [0.25, 0.3) is 0 Å². The molecule has 0 radical (unpaired) electrons. The molecule has 1 unspecified atom stereocenters. The minimum absolute atomic E-state index is 0. The van der Waals surface area contributed by atoms with E-state index in [-0.39, 0.29) is 30.0 Å². The van der Waals surface area contributed by atoms with Gasteiger partial charge in [0.25, 0.3) is 0 Å². The van der Waals surface area contributed by atoms with Gasteiger partial charge in [0.15, 0.2) is 5.96 Å². The van der Waals surface area contributed by atoms with Crippen LogP contribution in [0, 0.1) is 0 Å². The zero-order chi connectivity index (χ0) is 17.4. The molecule has 146 valence electrons. The van der Waals surface area contributed by atoms with Crippen molar-refractivity contribution in [2.75, 3.05) is 66.6 Å². The Morgan fingerprint density at radius 1 is 1.12 bits per heavy atom. The Morgan fingerprint density at radius 2 is 1.76 bits per heavy atom. The number of hydrogen-bond acceptors (Lipinski definition) is 4. The van der Waals surface area contributed by atoms with Crippen LogP contribution in [0.4, 0.5) is 0 Å². The van der Waals surface area contributed by atoms with Gasteiger partial charge in [0.2, 0.25) is 5.91 Å². The van der Waals surface area contributed by atoms with Crippen molar-refractivity contribution in [1.29, 1.82) is 0 Å². The summed E-state index contributed by atoms with van der Waals surface area (Å²) in [6.45, 7) is 9.15. The summed E-state index contributed by atoms with van der Waals surface area (Å²) >= 11 is 0. The number of ether oxygens (including phenoxy) is 1. The number of halogens is 1. The van der Waals surface area contributed by atoms with Crippen molar-refractivity contribution in [3.8, 4) is 0 Å². The molecule has 1 atom stereocenters. The largest absolute Gasteiger partial charge is 0.385 e. The molecule has 0 bridgehead atoms. The zero-order valence-corrected chi connectivity index (χ0v) is 18.2. The van der Waals surface area contributed by atoms with Gasteiger partial charge in [0, 0.05) is 66.6 Å². The first kappa shape index (κ1) is 22.4. The Kier molecular flexibility index (Phi) is 10.7. The second-order valence-electron chi connectivity index (χ2n) is 6.55. The van der Waals surface area contributed by atoms with E-state index >= 15 is 0 Å². The summed E-state index contributed by atoms with van der Waals surface area (Å²) in [6.07, 6.45) is 3.27. The lowest BCUT2D eigenvalue weighted by molar-refractivity contribution is -0.135. The number of methoxy groups -OCH3 is 1. The minimum atomic E-state index is -0.0121. The summed E-state index contributed by atoms with van der Waals surface area (Å²) in [5.74, 6) is 1.24. The van der Waals surface area contributed by atoms with Crippen molar-refractivity contribution in [3.63, 3.8) is 0 Å². The van der Waals surface area contributed by atoms with Crippen molar-refractivity contribution >= 4 is 35.8 Å². The quantitative estimate of drug-likeness (QED) is 0.272. The fourth-order valence-electron chi connectivity index (χ4n) is 3.43. The molecule has 1 N–H and O–H groups in total. The first-order valence-corrected chi connectivity index (χ1v) is 9.14. The van der Waals surface area contributed by atoms with Gasteiger partial charge in [-0.15, -0.1) is 24.0 Å². The number of amides is 1. The Balaban J connectivity index is 0.00000312. The van der Waals surface area contributed by atoms with Crippen molar-refractivity contribution < 1.29 is 9.53 Å². The van der Waals surface area contributed by atoms with Crippen molar-refractivity contribution in [1.82, 2.24) is 20.0 Å². The summed E-state index contributed by atoms with van der Waals surface area (Å²) in [7, 11) is 3.54. The van der Waals surface area contributed by atoms with E-state index in [1.807, 2.05) is 18.9 Å². The molecule has 25 heavy (non-hydrogen) atoms. The molecule has 2 heterocycles. The number of nitrogens with zero attached hydrogens (tertiary/aromatic N) is 4. The van der Waals surface area contributed by atoms with Gasteiger partial charge in [0.1, 0.15) is 0 Å². The highest BCUT2D eigenvalue weighted by molar-refractivity contribution is 14.0. The van der Waals surface area contributed by atoms with Crippen LogP contribution in [0.15, 0.2) is 4.99 Å². The second kappa shape index (κ2) is 11.9. The average molecular weight is 467 g/mol. The van der Waals surface area contributed by atoms with Gasteiger partial charge in [-0.25, -0.2) is 0 Å². The van der Waals surface area contributed by atoms with Crippen LogP contribution in [0.2, 0.25) is 0 Å². The molecule has 0 saturated carbocycles. The maximum atomic E-state index is 12.5. The molecule has 2 fully saturated rings. The molecule has 0 aromatic heterocycles. The number of rotatable bonds is 6. The van der Waals surface area contributed by atoms with E-state index in [0.29, 0.717) is 5.91 Å². The van der Waals surface area contributed by atoms with Gasteiger partial charge in [-0.1, -0.05) is 0 Å². The molecule has 8 heteroatoms. The molecule has 0 aliphatic carbocycles. The molecular weight excluding hydrogens is 433 g/mol. The fourth-order valence-corrected chi connectivity index (χ4v) is 3.43. The number of aliphatic imine (C=N–C) groups is 1. The van der Waals surface area contributed by atoms with Crippen LogP contribution in [0.5, 0.6) is 0 Å². The molecule has 7 nitrogen and oxygen atoms in total. The molecular formula is C17H34IN5O2. The van der Waals surface area contributed by atoms with E-state index < -0.39 is 0 Å². The topological polar surface area (TPSA) is 60.4 Å². The lowest BCUT2D eigenvalue weighted by atomic mass is 10.2. The molecule has 0 aromatic carbocycles. The number of likely N-dealkylation sites (tertiary alicyclic amines) is 1. The fraction of sp³-hybridized carbons (Fsp3) is 0.882. The molecule has 2 aliphatic heterocycles. The van der Waals surface area contributed by atoms with Crippen molar-refractivity contribution in [3.05, 3.63) is 0 Å². The van der Waals surface area contributed by atoms with E-state index in [1.165, 1.54) is 0 Å². The third-order valence-corrected chi connectivity index (χ3v) is 4.96. The normalized spacial score (nSPS) is 20.4. The first-order valence-electron chi connectivity index (χ1n) is 9.14. The van der Waals surface area contributed by atoms with E-state index in [0.717, 1.165) is 77.6 Å². The van der Waals surface area contributed by atoms with Crippen LogP contribution in [-0.2, 0) is 9.53 Å². The van der Waals surface area contributed by atoms with Crippen LogP contribution < -0.4 is 5.32 Å². The van der Waals surface area contributed by atoms with Crippen molar-refractivity contribution in [2.24, 2.45) is 4.99 Å². The zero-order valence-electron chi connectivity index (χ0n) is 15.9. The summed E-state index contributed by atoms with van der Waals surface area (Å²) < 4.78 is 5.07. The van der Waals surface area contributed by atoms with E-state index in [2.05, 4.69) is 20.1 Å². The number of hydrogen-bond donors (Lipinski definition) is 1. The van der Waals surface area contributed by atoms with Gasteiger partial charge < -0.3 is 19.9 Å². The summed E-state index contributed by atoms with van der Waals surface area (Å²) in [6, 6.07) is -0.0121. The third-order valence-electron chi connectivity index (χ3n) is 4.96. The molecule has 1 amide bonds. The molecule has 0 aromatic rings. The van der Waals surface area contributed by atoms with Crippen LogP contribution in [0.3, 0.4) is 0 Å². The van der Waals surface area contributed by atoms with Gasteiger partial charge in [-0.05, 0) is 26.2 Å². The first-order chi connectivity index (χ1) is 11.7. The summed E-state index contributed by atoms with van der Waals surface area (Å²) in [5, 5.41) is 3.39. The third kappa shape index (κ3) is 6.56. The van der Waals surface area contributed by atoms with E-state index in [4.69, 9.17) is 4.74 Å². The van der Waals surface area contributed by atoms with Gasteiger partial charge in [0.05, 0.1) is 6.04 Å². The number of carbonyl (C=O) groups excluding carboxylic acids is 1. The monoisotopic (exact) mass is 467 g/mol. The lowest BCUT2D eigenvalue weighted by Crippen LogP contribution is -2.57.